The Balaban J connectivity index is 2.52. The van der Waals surface area contributed by atoms with Gasteiger partial charge in [0.1, 0.15) is 12.0 Å². The minimum atomic E-state index is 0.151. The number of oxazole rings is 1. The predicted octanol–water partition coefficient (Wildman–Crippen LogP) is 1.51. The Morgan fingerprint density at radius 1 is 1.15 bits per heavy atom. The molecule has 0 saturated carbocycles. The molecule has 0 saturated heterocycles. The van der Waals surface area contributed by atoms with E-state index >= 15 is 0 Å². The highest BCUT2D eigenvalue weighted by atomic mass is 16.4. The number of nitrogens with two attached hydrogens (primary N) is 2. The molecule has 0 amide bonds. The molecule has 66 valence electrons. The zero-order chi connectivity index (χ0) is 9.26. The van der Waals surface area contributed by atoms with E-state index in [-0.39, 0.29) is 6.01 Å². The Morgan fingerprint density at radius 2 is 1.92 bits per heavy atom. The molecule has 1 aromatic carbocycles. The fourth-order valence-corrected chi connectivity index (χ4v) is 1.14. The molecule has 0 spiro atoms. The number of nitrogen functional groups attached to an aromatic ring is 2. The van der Waals surface area contributed by atoms with Crippen LogP contribution in [0.25, 0.3) is 11.3 Å². The molecule has 4 nitrogen and oxygen atoms in total. The third-order valence-corrected chi connectivity index (χ3v) is 1.76. The molecule has 4 N–H and O–H groups in total. The highest BCUT2D eigenvalue weighted by Crippen LogP contribution is 2.24. The zero-order valence-electron chi connectivity index (χ0n) is 6.90. The third-order valence-electron chi connectivity index (χ3n) is 1.76. The van der Waals surface area contributed by atoms with Crippen LogP contribution in [0.4, 0.5) is 11.7 Å². The molecule has 4 heteroatoms. The number of anilines is 2. The largest absolute Gasteiger partial charge is 0.432 e. The van der Waals surface area contributed by atoms with Gasteiger partial charge in [0.15, 0.2) is 0 Å². The van der Waals surface area contributed by atoms with Gasteiger partial charge in [0.25, 0.3) is 6.01 Å². The molecule has 13 heavy (non-hydrogen) atoms. The number of hydrogen-bond donors (Lipinski definition) is 2. The summed E-state index contributed by atoms with van der Waals surface area (Å²) in [6.07, 6.45) is 1.49. The van der Waals surface area contributed by atoms with E-state index in [9.17, 15) is 0 Å². The van der Waals surface area contributed by atoms with E-state index in [1.807, 2.05) is 18.2 Å². The molecule has 1 heterocycles. The van der Waals surface area contributed by atoms with Crippen molar-refractivity contribution < 1.29 is 4.42 Å². The molecule has 0 aliphatic rings. The van der Waals surface area contributed by atoms with Crippen LogP contribution in [0.5, 0.6) is 0 Å². The maximum absolute atomic E-state index is 5.74. The van der Waals surface area contributed by atoms with E-state index in [1.54, 1.807) is 6.07 Å². The average molecular weight is 175 g/mol. The summed E-state index contributed by atoms with van der Waals surface area (Å²) < 4.78 is 4.89. The molecule has 0 atom stereocenters. The maximum atomic E-state index is 5.74. The van der Waals surface area contributed by atoms with E-state index in [4.69, 9.17) is 15.9 Å². The number of aromatic nitrogens is 1. The van der Waals surface area contributed by atoms with Crippen molar-refractivity contribution >= 4 is 11.7 Å². The molecule has 0 fully saturated rings. The lowest BCUT2D eigenvalue weighted by atomic mass is 10.1. The predicted molar refractivity (Wildman–Crippen MR) is 50.8 cm³/mol. The van der Waals surface area contributed by atoms with Crippen LogP contribution in [0.15, 0.2) is 34.9 Å². The molecular weight excluding hydrogens is 166 g/mol. The number of hydrogen-bond acceptors (Lipinski definition) is 4. The van der Waals surface area contributed by atoms with Gasteiger partial charge in [0.05, 0.1) is 0 Å². The topological polar surface area (TPSA) is 78.1 Å². The first-order valence-corrected chi connectivity index (χ1v) is 3.83. The van der Waals surface area contributed by atoms with E-state index in [2.05, 4.69) is 4.98 Å². The van der Waals surface area contributed by atoms with Crippen molar-refractivity contribution in [2.75, 3.05) is 11.5 Å². The number of nitrogens with zero attached hydrogens (tertiary/aromatic N) is 1. The fourth-order valence-electron chi connectivity index (χ4n) is 1.14. The van der Waals surface area contributed by atoms with Gasteiger partial charge < -0.3 is 15.9 Å². The smallest absolute Gasteiger partial charge is 0.292 e. The summed E-state index contributed by atoms with van der Waals surface area (Å²) in [4.78, 5) is 3.97. The lowest BCUT2D eigenvalue weighted by Gasteiger charge is -1.98. The van der Waals surface area contributed by atoms with Crippen molar-refractivity contribution in [2.24, 2.45) is 0 Å². The van der Waals surface area contributed by atoms with Crippen LogP contribution in [0.3, 0.4) is 0 Å². The molecule has 2 rings (SSSR count). The van der Waals surface area contributed by atoms with Gasteiger partial charge in [-0.15, -0.1) is 0 Å². The summed E-state index contributed by atoms with van der Waals surface area (Å²) in [5, 5.41) is 0. The van der Waals surface area contributed by atoms with Gasteiger partial charge in [-0.05, 0) is 6.07 Å². The summed E-state index contributed by atoms with van der Waals surface area (Å²) in [7, 11) is 0. The van der Waals surface area contributed by atoms with Crippen LogP contribution in [0.2, 0.25) is 0 Å². The molecule has 0 radical (unpaired) electrons. The fraction of sp³-hybridized carbons (Fsp3) is 0. The molecule has 2 aromatic rings. The van der Waals surface area contributed by atoms with Gasteiger partial charge in [-0.3, -0.25) is 0 Å². The summed E-state index contributed by atoms with van der Waals surface area (Å²) in [5.74, 6) is 0. The second kappa shape index (κ2) is 2.82. The van der Waals surface area contributed by atoms with Crippen molar-refractivity contribution in [2.45, 2.75) is 0 Å². The highest BCUT2D eigenvalue weighted by Gasteiger charge is 2.05. The summed E-state index contributed by atoms with van der Waals surface area (Å²) in [6, 6.07) is 7.57. The van der Waals surface area contributed by atoms with E-state index < -0.39 is 0 Å². The molecular formula is C9H9N3O. The van der Waals surface area contributed by atoms with Crippen LogP contribution in [-0.2, 0) is 0 Å². The van der Waals surface area contributed by atoms with E-state index in [0.717, 1.165) is 5.56 Å². The van der Waals surface area contributed by atoms with Crippen LogP contribution in [0.1, 0.15) is 0 Å². The first-order chi connectivity index (χ1) is 6.27. The summed E-state index contributed by atoms with van der Waals surface area (Å²) in [6.45, 7) is 0. The molecule has 1 aromatic heterocycles. The standard InChI is InChI=1S/C9H9N3O/c10-7-4-2-1-3-6(7)8-5-13-9(11)12-8/h1-5H,10H2,(H2,11,12). The average Bonchev–Trinajstić information content (AvgIpc) is 2.53. The van der Waals surface area contributed by atoms with Gasteiger partial charge in [0.2, 0.25) is 0 Å². The van der Waals surface area contributed by atoms with Crippen molar-refractivity contribution in [3.63, 3.8) is 0 Å². The Hall–Kier alpha value is -1.97. The summed E-state index contributed by atoms with van der Waals surface area (Å²) in [5.41, 5.74) is 13.2. The van der Waals surface area contributed by atoms with Crippen molar-refractivity contribution in [1.82, 2.24) is 4.98 Å². The molecule has 0 aliphatic carbocycles. The normalized spacial score (nSPS) is 10.2. The Labute approximate surface area is 75.2 Å². The van der Waals surface area contributed by atoms with E-state index in [1.165, 1.54) is 6.26 Å². The molecule has 0 bridgehead atoms. The molecule has 0 aliphatic heterocycles. The van der Waals surface area contributed by atoms with Crippen molar-refractivity contribution in [3.05, 3.63) is 30.5 Å². The zero-order valence-corrected chi connectivity index (χ0v) is 6.90. The number of benzene rings is 1. The highest BCUT2D eigenvalue weighted by molar-refractivity contribution is 5.73. The summed E-state index contributed by atoms with van der Waals surface area (Å²) >= 11 is 0. The Bertz CT molecular complexity index is 422. The third kappa shape index (κ3) is 1.33. The maximum Gasteiger partial charge on any atom is 0.292 e. The van der Waals surface area contributed by atoms with Gasteiger partial charge in [0, 0.05) is 11.3 Å². The lowest BCUT2D eigenvalue weighted by molar-refractivity contribution is 0.581. The monoisotopic (exact) mass is 175 g/mol. The van der Waals surface area contributed by atoms with Gasteiger partial charge in [-0.2, -0.15) is 4.98 Å². The van der Waals surface area contributed by atoms with Crippen LogP contribution in [-0.4, -0.2) is 4.98 Å². The second-order valence-electron chi connectivity index (χ2n) is 2.66. The Morgan fingerprint density at radius 3 is 2.54 bits per heavy atom. The van der Waals surface area contributed by atoms with Gasteiger partial charge in [-0.25, -0.2) is 0 Å². The van der Waals surface area contributed by atoms with Gasteiger partial charge in [-0.1, -0.05) is 18.2 Å². The quantitative estimate of drug-likeness (QED) is 0.644. The van der Waals surface area contributed by atoms with Crippen LogP contribution in [0, 0.1) is 0 Å². The van der Waals surface area contributed by atoms with Crippen LogP contribution < -0.4 is 11.5 Å². The number of para-hydroxylation sites is 1. The number of rotatable bonds is 1. The first-order valence-electron chi connectivity index (χ1n) is 3.83. The van der Waals surface area contributed by atoms with Crippen LogP contribution >= 0.6 is 0 Å². The minimum Gasteiger partial charge on any atom is -0.432 e. The SMILES string of the molecule is Nc1nc(-c2ccccc2N)co1. The Kier molecular flexibility index (Phi) is 1.66. The van der Waals surface area contributed by atoms with Gasteiger partial charge >= 0.3 is 0 Å². The lowest BCUT2D eigenvalue weighted by Crippen LogP contribution is -1.89. The minimum absolute atomic E-state index is 0.151. The van der Waals surface area contributed by atoms with E-state index in [0.29, 0.717) is 11.4 Å². The van der Waals surface area contributed by atoms with Crippen molar-refractivity contribution in [3.8, 4) is 11.3 Å². The molecule has 0 unspecified atom stereocenters. The first kappa shape index (κ1) is 7.67. The van der Waals surface area contributed by atoms with Crippen molar-refractivity contribution in [1.29, 1.82) is 0 Å². The second-order valence-corrected chi connectivity index (χ2v) is 2.66.